The summed E-state index contributed by atoms with van der Waals surface area (Å²) in [7, 11) is 0. The first-order valence-corrected chi connectivity index (χ1v) is 7.00. The van der Waals surface area contributed by atoms with Gasteiger partial charge in [0.05, 0.1) is 5.92 Å². The molecule has 0 aliphatic rings. The van der Waals surface area contributed by atoms with Gasteiger partial charge in [-0.25, -0.2) is 0 Å². The van der Waals surface area contributed by atoms with Crippen molar-refractivity contribution in [2.75, 3.05) is 6.54 Å². The Balaban J connectivity index is 2.34. The molecule has 0 spiro atoms. The molecule has 110 valence electrons. The Kier molecular flexibility index (Phi) is 6.52. The lowest BCUT2D eigenvalue weighted by atomic mass is 9.98. The number of hydrogen-bond donors (Lipinski definition) is 2. The Morgan fingerprint density at radius 1 is 1.25 bits per heavy atom. The Morgan fingerprint density at radius 2 is 1.85 bits per heavy atom. The molecule has 0 aromatic heterocycles. The Morgan fingerprint density at radius 3 is 2.40 bits per heavy atom. The molecule has 0 heterocycles. The van der Waals surface area contributed by atoms with Gasteiger partial charge in [0.1, 0.15) is 0 Å². The van der Waals surface area contributed by atoms with E-state index in [1.54, 1.807) is 6.92 Å². The molecule has 0 fully saturated rings. The number of rotatable bonds is 7. The molecule has 0 aliphatic heterocycles. The fourth-order valence-corrected chi connectivity index (χ4v) is 1.96. The van der Waals surface area contributed by atoms with Crippen LogP contribution < -0.4 is 5.32 Å². The minimum Gasteiger partial charge on any atom is -0.481 e. The highest BCUT2D eigenvalue weighted by molar-refractivity contribution is 6.30. The van der Waals surface area contributed by atoms with Crippen LogP contribution in [0.1, 0.15) is 25.8 Å². The first kappa shape index (κ1) is 16.5. The highest BCUT2D eigenvalue weighted by Crippen LogP contribution is 2.15. The summed E-state index contributed by atoms with van der Waals surface area (Å²) in [5.74, 6) is -1.39. The number of benzene rings is 1. The van der Waals surface area contributed by atoms with E-state index in [0.717, 1.165) is 12.0 Å². The van der Waals surface area contributed by atoms with E-state index >= 15 is 0 Å². The smallest absolute Gasteiger partial charge is 0.308 e. The van der Waals surface area contributed by atoms with Crippen molar-refractivity contribution < 1.29 is 14.7 Å². The maximum atomic E-state index is 11.7. The minimum absolute atomic E-state index is 0.112. The molecule has 0 bridgehead atoms. The first-order valence-electron chi connectivity index (χ1n) is 6.62. The zero-order valence-electron chi connectivity index (χ0n) is 11.7. The van der Waals surface area contributed by atoms with Crippen molar-refractivity contribution in [2.45, 2.75) is 26.7 Å². The van der Waals surface area contributed by atoms with Crippen LogP contribution in [0.4, 0.5) is 0 Å². The minimum atomic E-state index is -0.903. The number of carbonyl (C=O) groups excluding carboxylic acids is 1. The van der Waals surface area contributed by atoms with Crippen molar-refractivity contribution in [1.29, 1.82) is 0 Å². The highest BCUT2D eigenvalue weighted by atomic mass is 35.5. The lowest BCUT2D eigenvalue weighted by molar-refractivity contribution is -0.141. The topological polar surface area (TPSA) is 66.4 Å². The molecule has 1 aromatic rings. The third-order valence-electron chi connectivity index (χ3n) is 3.06. The van der Waals surface area contributed by atoms with Crippen molar-refractivity contribution in [2.24, 2.45) is 11.8 Å². The van der Waals surface area contributed by atoms with Gasteiger partial charge in [0.2, 0.25) is 5.91 Å². The SMILES string of the molecule is CC(CC(=O)NCC(C)C(=O)O)Cc1ccc(Cl)cc1. The molecule has 0 aliphatic carbocycles. The second-order valence-electron chi connectivity index (χ2n) is 5.18. The zero-order valence-corrected chi connectivity index (χ0v) is 12.5. The van der Waals surface area contributed by atoms with Crippen LogP contribution in [0, 0.1) is 11.8 Å². The quantitative estimate of drug-likeness (QED) is 0.813. The van der Waals surface area contributed by atoms with Gasteiger partial charge in [-0.15, -0.1) is 0 Å². The molecule has 0 radical (unpaired) electrons. The lowest BCUT2D eigenvalue weighted by Gasteiger charge is -2.13. The van der Waals surface area contributed by atoms with E-state index in [1.165, 1.54) is 0 Å². The fraction of sp³-hybridized carbons (Fsp3) is 0.467. The summed E-state index contributed by atoms with van der Waals surface area (Å²) in [4.78, 5) is 22.3. The van der Waals surface area contributed by atoms with E-state index in [1.807, 2.05) is 31.2 Å². The normalized spacial score (nSPS) is 13.6. The van der Waals surface area contributed by atoms with E-state index in [0.29, 0.717) is 11.4 Å². The van der Waals surface area contributed by atoms with Crippen LogP contribution in [0.25, 0.3) is 0 Å². The van der Waals surface area contributed by atoms with Gasteiger partial charge in [0.15, 0.2) is 0 Å². The summed E-state index contributed by atoms with van der Waals surface area (Å²) in [6, 6.07) is 7.56. The third kappa shape index (κ3) is 6.06. The zero-order chi connectivity index (χ0) is 15.1. The van der Waals surface area contributed by atoms with Gasteiger partial charge in [-0.2, -0.15) is 0 Å². The molecule has 2 atom stereocenters. The summed E-state index contributed by atoms with van der Waals surface area (Å²) in [5, 5.41) is 12.1. The Labute approximate surface area is 124 Å². The van der Waals surface area contributed by atoms with Gasteiger partial charge >= 0.3 is 5.97 Å². The molecule has 0 saturated heterocycles. The second kappa shape index (κ2) is 7.90. The van der Waals surface area contributed by atoms with E-state index in [9.17, 15) is 9.59 Å². The number of aliphatic carboxylic acids is 1. The van der Waals surface area contributed by atoms with Gasteiger partial charge < -0.3 is 10.4 Å². The van der Waals surface area contributed by atoms with Crippen LogP contribution >= 0.6 is 11.6 Å². The van der Waals surface area contributed by atoms with Crippen molar-refractivity contribution in [3.05, 3.63) is 34.9 Å². The predicted molar refractivity (Wildman–Crippen MR) is 78.7 cm³/mol. The average Bonchev–Trinajstić information content (AvgIpc) is 2.38. The maximum Gasteiger partial charge on any atom is 0.308 e. The summed E-state index contributed by atoms with van der Waals surface area (Å²) in [6.07, 6.45) is 1.17. The molecule has 20 heavy (non-hydrogen) atoms. The van der Waals surface area contributed by atoms with E-state index in [4.69, 9.17) is 16.7 Å². The van der Waals surface area contributed by atoms with Crippen molar-refractivity contribution in [1.82, 2.24) is 5.32 Å². The van der Waals surface area contributed by atoms with Crippen molar-refractivity contribution in [3.63, 3.8) is 0 Å². The van der Waals surface area contributed by atoms with E-state index in [2.05, 4.69) is 5.32 Å². The number of carboxylic acid groups (broad SMARTS) is 1. The van der Waals surface area contributed by atoms with Crippen molar-refractivity contribution >= 4 is 23.5 Å². The largest absolute Gasteiger partial charge is 0.481 e. The fourth-order valence-electron chi connectivity index (χ4n) is 1.84. The number of amides is 1. The lowest BCUT2D eigenvalue weighted by Crippen LogP contribution is -2.32. The maximum absolute atomic E-state index is 11.7. The standard InChI is InChI=1S/C15H20ClNO3/c1-10(7-12-3-5-13(16)6-4-12)8-14(18)17-9-11(2)15(19)20/h3-6,10-11H,7-9H2,1-2H3,(H,17,18)(H,19,20). The Hall–Kier alpha value is -1.55. The molecule has 1 amide bonds. The van der Waals surface area contributed by atoms with E-state index < -0.39 is 11.9 Å². The van der Waals surface area contributed by atoms with Gasteiger partial charge in [-0.1, -0.05) is 37.6 Å². The van der Waals surface area contributed by atoms with Gasteiger partial charge in [0, 0.05) is 18.0 Å². The van der Waals surface area contributed by atoms with Crippen LogP contribution in [0.5, 0.6) is 0 Å². The second-order valence-corrected chi connectivity index (χ2v) is 5.62. The third-order valence-corrected chi connectivity index (χ3v) is 3.31. The van der Waals surface area contributed by atoms with E-state index in [-0.39, 0.29) is 18.4 Å². The Bertz CT molecular complexity index is 459. The summed E-state index contributed by atoms with van der Waals surface area (Å²) in [5.41, 5.74) is 1.13. The monoisotopic (exact) mass is 297 g/mol. The molecular weight excluding hydrogens is 278 g/mol. The number of carboxylic acids is 1. The molecule has 1 aromatic carbocycles. The molecular formula is C15H20ClNO3. The highest BCUT2D eigenvalue weighted by Gasteiger charge is 2.14. The molecule has 2 unspecified atom stereocenters. The number of carbonyl (C=O) groups is 2. The number of halogens is 1. The summed E-state index contributed by atoms with van der Waals surface area (Å²) >= 11 is 5.82. The van der Waals surface area contributed by atoms with Crippen LogP contribution in [0.15, 0.2) is 24.3 Å². The first-order chi connectivity index (χ1) is 9.38. The van der Waals surface area contributed by atoms with Crippen LogP contribution in [-0.4, -0.2) is 23.5 Å². The number of hydrogen-bond acceptors (Lipinski definition) is 2. The molecule has 4 nitrogen and oxygen atoms in total. The number of nitrogens with one attached hydrogen (secondary N) is 1. The van der Waals surface area contributed by atoms with Crippen LogP contribution in [0.3, 0.4) is 0 Å². The van der Waals surface area contributed by atoms with Gasteiger partial charge in [-0.3, -0.25) is 9.59 Å². The molecule has 2 N–H and O–H groups in total. The van der Waals surface area contributed by atoms with Gasteiger partial charge in [-0.05, 0) is 30.0 Å². The molecule has 5 heteroatoms. The summed E-state index contributed by atoms with van der Waals surface area (Å²) in [6.45, 7) is 3.73. The molecule has 0 saturated carbocycles. The average molecular weight is 298 g/mol. The predicted octanol–water partition coefficient (Wildman–Crippen LogP) is 2.75. The van der Waals surface area contributed by atoms with Crippen LogP contribution in [-0.2, 0) is 16.0 Å². The van der Waals surface area contributed by atoms with Crippen LogP contribution in [0.2, 0.25) is 5.02 Å². The van der Waals surface area contributed by atoms with Gasteiger partial charge in [0.25, 0.3) is 0 Å². The summed E-state index contributed by atoms with van der Waals surface area (Å²) < 4.78 is 0. The van der Waals surface area contributed by atoms with Crippen molar-refractivity contribution in [3.8, 4) is 0 Å². The molecule has 1 rings (SSSR count).